The van der Waals surface area contributed by atoms with Gasteiger partial charge in [-0.1, -0.05) is 0 Å². The third-order valence-electron chi connectivity index (χ3n) is 2.10. The average Bonchev–Trinajstić information content (AvgIpc) is 2.25. The van der Waals surface area contributed by atoms with E-state index in [1.165, 1.54) is 13.8 Å². The van der Waals surface area contributed by atoms with Gasteiger partial charge in [-0.15, -0.1) is 0 Å². The Morgan fingerprint density at radius 1 is 1.47 bits per heavy atom. The normalized spacial score (nSPS) is 12.4. The van der Waals surface area contributed by atoms with Gasteiger partial charge in [0.05, 0.1) is 16.6 Å². The van der Waals surface area contributed by atoms with Crippen LogP contribution in [0.2, 0.25) is 0 Å². The average molecular weight is 292 g/mol. The highest BCUT2D eigenvalue weighted by Gasteiger charge is 2.27. The van der Waals surface area contributed by atoms with Crippen molar-refractivity contribution in [3.05, 3.63) is 34.1 Å². The minimum Gasteiger partial charge on any atom is -0.389 e. The zero-order valence-electron chi connectivity index (χ0n) is 10.3. The number of rotatable bonds is 5. The molecule has 2 N–H and O–H groups in total. The van der Waals surface area contributed by atoms with Gasteiger partial charge in [-0.3, -0.25) is 10.1 Å². The lowest BCUT2D eigenvalue weighted by atomic mass is 10.1. The maximum Gasteiger partial charge on any atom is 0.292 e. The molecule has 1 aromatic rings. The van der Waals surface area contributed by atoms with Crippen molar-refractivity contribution in [2.75, 3.05) is 6.54 Å². The Kier molecular flexibility index (Phi) is 4.23. The first-order valence-electron chi connectivity index (χ1n) is 5.19. The van der Waals surface area contributed by atoms with E-state index >= 15 is 0 Å². The number of nitrogens with zero attached hydrogens (tertiary/aromatic N) is 1. The molecule has 0 aliphatic heterocycles. The Morgan fingerprint density at radius 3 is 2.53 bits per heavy atom. The largest absolute Gasteiger partial charge is 0.389 e. The molecule has 0 saturated heterocycles. The molecule has 0 aromatic heterocycles. The van der Waals surface area contributed by atoms with Crippen LogP contribution in [-0.4, -0.2) is 30.6 Å². The molecule has 9 heteroatoms. The molecule has 1 rings (SSSR count). The first kappa shape index (κ1) is 15.5. The molecule has 0 bridgehead atoms. The SMILES string of the molecule is CC(C)(O)CNS(=O)(=O)c1ccc(F)cc1[N+](=O)[O-]. The summed E-state index contributed by atoms with van der Waals surface area (Å²) in [5.74, 6) is -0.909. The fraction of sp³-hybridized carbons (Fsp3) is 0.400. The zero-order valence-corrected chi connectivity index (χ0v) is 11.1. The number of halogens is 1. The maximum atomic E-state index is 12.9. The number of benzene rings is 1. The monoisotopic (exact) mass is 292 g/mol. The number of sulfonamides is 1. The Balaban J connectivity index is 3.18. The Bertz CT molecular complexity index is 594. The van der Waals surface area contributed by atoms with E-state index in [1.54, 1.807) is 0 Å². The second kappa shape index (κ2) is 5.19. The summed E-state index contributed by atoms with van der Waals surface area (Å²) in [6, 6.07) is 2.14. The summed E-state index contributed by atoms with van der Waals surface area (Å²) in [4.78, 5) is 9.08. The van der Waals surface area contributed by atoms with E-state index in [0.29, 0.717) is 6.07 Å². The van der Waals surface area contributed by atoms with Crippen LogP contribution in [0.15, 0.2) is 23.1 Å². The lowest BCUT2D eigenvalue weighted by Gasteiger charge is -2.17. The number of aliphatic hydroxyl groups is 1. The lowest BCUT2D eigenvalue weighted by Crippen LogP contribution is -2.38. The van der Waals surface area contributed by atoms with Crippen LogP contribution >= 0.6 is 0 Å². The standard InChI is InChI=1S/C10H13FN2O5S/c1-10(2,14)6-12-19(17,18)9-4-3-7(11)5-8(9)13(15)16/h3-5,12,14H,6H2,1-2H3. The van der Waals surface area contributed by atoms with Crippen LogP contribution in [0, 0.1) is 15.9 Å². The molecule has 0 heterocycles. The summed E-state index contributed by atoms with van der Waals surface area (Å²) in [5.41, 5.74) is -2.18. The van der Waals surface area contributed by atoms with E-state index in [4.69, 9.17) is 0 Å². The minimum absolute atomic E-state index is 0.329. The molecule has 0 aliphatic carbocycles. The van der Waals surface area contributed by atoms with Crippen molar-refractivity contribution >= 4 is 15.7 Å². The molecule has 19 heavy (non-hydrogen) atoms. The van der Waals surface area contributed by atoms with Gasteiger partial charge >= 0.3 is 0 Å². The first-order chi connectivity index (χ1) is 8.53. The fourth-order valence-corrected chi connectivity index (χ4v) is 2.56. The predicted octanol–water partition coefficient (Wildman–Crippen LogP) is 0.783. The van der Waals surface area contributed by atoms with E-state index in [1.807, 2.05) is 4.72 Å². The Morgan fingerprint density at radius 2 is 2.05 bits per heavy atom. The molecule has 0 aliphatic rings. The summed E-state index contributed by atoms with van der Waals surface area (Å²) in [5, 5.41) is 20.1. The molecule has 0 amide bonds. The number of hydrogen-bond acceptors (Lipinski definition) is 5. The van der Waals surface area contributed by atoms with E-state index in [2.05, 4.69) is 0 Å². The van der Waals surface area contributed by atoms with Crippen LogP contribution in [0.25, 0.3) is 0 Å². The van der Waals surface area contributed by atoms with Gasteiger partial charge in [-0.25, -0.2) is 17.5 Å². The summed E-state index contributed by atoms with van der Waals surface area (Å²) in [7, 11) is -4.20. The summed E-state index contributed by atoms with van der Waals surface area (Å²) < 4.78 is 38.7. The highest BCUT2D eigenvalue weighted by atomic mass is 32.2. The molecule has 0 atom stereocenters. The number of hydrogen-bond donors (Lipinski definition) is 2. The highest BCUT2D eigenvalue weighted by Crippen LogP contribution is 2.24. The van der Waals surface area contributed by atoms with E-state index in [9.17, 15) is 28.0 Å². The van der Waals surface area contributed by atoms with Gasteiger partial charge in [0.15, 0.2) is 4.90 Å². The third-order valence-corrected chi connectivity index (χ3v) is 3.55. The molecule has 0 saturated carbocycles. The van der Waals surface area contributed by atoms with Crippen molar-refractivity contribution in [2.45, 2.75) is 24.3 Å². The van der Waals surface area contributed by atoms with Gasteiger partial charge in [-0.2, -0.15) is 0 Å². The van der Waals surface area contributed by atoms with Gasteiger partial charge in [0.25, 0.3) is 5.69 Å². The second-order valence-corrected chi connectivity index (χ2v) is 6.24. The van der Waals surface area contributed by atoms with Crippen LogP contribution in [0.5, 0.6) is 0 Å². The van der Waals surface area contributed by atoms with E-state index in [0.717, 1.165) is 12.1 Å². The van der Waals surface area contributed by atoms with Gasteiger partial charge in [0.2, 0.25) is 10.0 Å². The Labute approximate surface area is 109 Å². The molecule has 0 fully saturated rings. The van der Waals surface area contributed by atoms with Gasteiger partial charge < -0.3 is 5.11 Å². The topological polar surface area (TPSA) is 110 Å². The van der Waals surface area contributed by atoms with Gasteiger partial charge in [0, 0.05) is 6.54 Å². The van der Waals surface area contributed by atoms with Crippen molar-refractivity contribution < 1.29 is 22.8 Å². The van der Waals surface area contributed by atoms with E-state index in [-0.39, 0.29) is 6.54 Å². The number of nitrogens with one attached hydrogen (secondary N) is 1. The number of nitro benzene ring substituents is 1. The van der Waals surface area contributed by atoms with Crippen LogP contribution in [-0.2, 0) is 10.0 Å². The van der Waals surface area contributed by atoms with E-state index < -0.39 is 36.9 Å². The molecule has 1 aromatic carbocycles. The fourth-order valence-electron chi connectivity index (χ4n) is 1.21. The van der Waals surface area contributed by atoms with Crippen LogP contribution in [0.3, 0.4) is 0 Å². The van der Waals surface area contributed by atoms with Crippen molar-refractivity contribution in [3.8, 4) is 0 Å². The molecular weight excluding hydrogens is 279 g/mol. The summed E-state index contributed by atoms with van der Waals surface area (Å²) in [6.45, 7) is 2.41. The van der Waals surface area contributed by atoms with Crippen molar-refractivity contribution in [1.82, 2.24) is 4.72 Å². The summed E-state index contributed by atoms with van der Waals surface area (Å²) in [6.07, 6.45) is 0. The van der Waals surface area contributed by atoms with Gasteiger partial charge in [-0.05, 0) is 26.0 Å². The highest BCUT2D eigenvalue weighted by molar-refractivity contribution is 7.89. The quantitative estimate of drug-likeness (QED) is 0.615. The zero-order chi connectivity index (χ0) is 14.8. The molecule has 106 valence electrons. The second-order valence-electron chi connectivity index (χ2n) is 4.51. The molecule has 0 spiro atoms. The van der Waals surface area contributed by atoms with Crippen LogP contribution in [0.4, 0.5) is 10.1 Å². The molecule has 7 nitrogen and oxygen atoms in total. The molecule has 0 unspecified atom stereocenters. The third kappa shape index (κ3) is 4.23. The molecule has 0 radical (unpaired) electrons. The van der Waals surface area contributed by atoms with Gasteiger partial charge in [0.1, 0.15) is 5.82 Å². The van der Waals surface area contributed by atoms with Crippen LogP contribution < -0.4 is 4.72 Å². The molecular formula is C10H13FN2O5S. The summed E-state index contributed by atoms with van der Waals surface area (Å²) >= 11 is 0. The van der Waals surface area contributed by atoms with Crippen molar-refractivity contribution in [1.29, 1.82) is 0 Å². The maximum absolute atomic E-state index is 12.9. The van der Waals surface area contributed by atoms with Crippen molar-refractivity contribution in [3.63, 3.8) is 0 Å². The number of nitro groups is 1. The first-order valence-corrected chi connectivity index (χ1v) is 6.67. The van der Waals surface area contributed by atoms with Crippen molar-refractivity contribution in [2.24, 2.45) is 0 Å². The predicted molar refractivity (Wildman–Crippen MR) is 64.5 cm³/mol. The smallest absolute Gasteiger partial charge is 0.292 e. The minimum atomic E-state index is -4.20. The van der Waals surface area contributed by atoms with Crippen LogP contribution in [0.1, 0.15) is 13.8 Å². The Hall–Kier alpha value is -1.58. The lowest BCUT2D eigenvalue weighted by molar-refractivity contribution is -0.388.